The van der Waals surface area contributed by atoms with Gasteiger partial charge < -0.3 is 10.6 Å². The monoisotopic (exact) mass is 224 g/mol. The maximum Gasteiger partial charge on any atom is 0.227 e. The van der Waals surface area contributed by atoms with Gasteiger partial charge in [0.15, 0.2) is 0 Å². The van der Waals surface area contributed by atoms with Gasteiger partial charge in [-0.2, -0.15) is 0 Å². The van der Waals surface area contributed by atoms with E-state index >= 15 is 0 Å². The van der Waals surface area contributed by atoms with Crippen LogP contribution in [-0.2, 0) is 4.79 Å². The van der Waals surface area contributed by atoms with Crippen LogP contribution in [0.3, 0.4) is 0 Å². The fourth-order valence-electron chi connectivity index (χ4n) is 3.13. The Bertz CT molecular complexity index is 254. The first kappa shape index (κ1) is 11.9. The lowest BCUT2D eigenvalue weighted by atomic mass is 9.93. The van der Waals surface area contributed by atoms with Crippen molar-refractivity contribution < 1.29 is 4.79 Å². The molecule has 2 rings (SSSR count). The van der Waals surface area contributed by atoms with Crippen LogP contribution in [0.1, 0.15) is 45.4 Å². The van der Waals surface area contributed by atoms with Crippen LogP contribution in [0.5, 0.6) is 0 Å². The zero-order chi connectivity index (χ0) is 11.5. The van der Waals surface area contributed by atoms with Crippen molar-refractivity contribution in [1.82, 2.24) is 4.90 Å². The minimum absolute atomic E-state index is 0.120. The van der Waals surface area contributed by atoms with Crippen molar-refractivity contribution in [3.05, 3.63) is 0 Å². The Labute approximate surface area is 98.4 Å². The second kappa shape index (κ2) is 5.17. The fourth-order valence-corrected chi connectivity index (χ4v) is 3.13. The van der Waals surface area contributed by atoms with E-state index in [0.717, 1.165) is 38.3 Å². The molecule has 1 heterocycles. The molecule has 0 bridgehead atoms. The van der Waals surface area contributed by atoms with E-state index in [1.165, 1.54) is 19.3 Å². The first-order valence-corrected chi connectivity index (χ1v) is 6.76. The molecule has 2 fully saturated rings. The quantitative estimate of drug-likeness (QED) is 0.777. The summed E-state index contributed by atoms with van der Waals surface area (Å²) in [4.78, 5) is 14.4. The minimum atomic E-state index is 0.120. The summed E-state index contributed by atoms with van der Waals surface area (Å²) in [5.41, 5.74) is 6.01. The molecule has 0 aromatic heterocycles. The van der Waals surface area contributed by atoms with E-state index in [1.54, 1.807) is 0 Å². The van der Waals surface area contributed by atoms with Gasteiger partial charge in [0.1, 0.15) is 0 Å². The van der Waals surface area contributed by atoms with Crippen molar-refractivity contribution in [2.45, 2.75) is 51.5 Å². The van der Waals surface area contributed by atoms with Gasteiger partial charge in [0.2, 0.25) is 5.91 Å². The lowest BCUT2D eigenvalue weighted by molar-refractivity contribution is -0.137. The van der Waals surface area contributed by atoms with Crippen molar-refractivity contribution in [2.75, 3.05) is 13.1 Å². The van der Waals surface area contributed by atoms with Gasteiger partial charge in [-0.1, -0.05) is 19.8 Å². The summed E-state index contributed by atoms with van der Waals surface area (Å²) < 4.78 is 0. The highest BCUT2D eigenvalue weighted by atomic mass is 16.2. The third kappa shape index (κ3) is 2.40. The number of hydrogen-bond acceptors (Lipinski definition) is 2. The molecular weight excluding hydrogens is 200 g/mol. The Balaban J connectivity index is 1.93. The number of amides is 1. The number of carbonyl (C=O) groups excluding carboxylic acids is 1. The van der Waals surface area contributed by atoms with Crippen molar-refractivity contribution in [3.8, 4) is 0 Å². The molecule has 2 aliphatic rings. The van der Waals surface area contributed by atoms with E-state index in [0.29, 0.717) is 5.91 Å². The molecule has 3 unspecified atom stereocenters. The standard InChI is InChI=1S/C13H24N2O/c1-2-10-5-4-8-15(9-10)13(16)11-6-3-7-12(11)14/h10-12H,2-9,14H2,1H3. The van der Waals surface area contributed by atoms with E-state index in [1.807, 2.05) is 0 Å². The van der Waals surface area contributed by atoms with E-state index < -0.39 is 0 Å². The van der Waals surface area contributed by atoms with Crippen LogP contribution in [0.4, 0.5) is 0 Å². The number of hydrogen-bond donors (Lipinski definition) is 1. The maximum atomic E-state index is 12.3. The Morgan fingerprint density at radius 1 is 1.31 bits per heavy atom. The molecule has 1 saturated carbocycles. The predicted molar refractivity (Wildman–Crippen MR) is 64.9 cm³/mol. The molecule has 1 aliphatic carbocycles. The Hall–Kier alpha value is -0.570. The average Bonchev–Trinajstić information content (AvgIpc) is 2.74. The van der Waals surface area contributed by atoms with Gasteiger partial charge in [0.25, 0.3) is 0 Å². The third-order valence-electron chi connectivity index (χ3n) is 4.29. The number of likely N-dealkylation sites (tertiary alicyclic amines) is 1. The summed E-state index contributed by atoms with van der Waals surface area (Å²) in [6, 6.07) is 0.120. The summed E-state index contributed by atoms with van der Waals surface area (Å²) >= 11 is 0. The summed E-state index contributed by atoms with van der Waals surface area (Å²) in [6.07, 6.45) is 6.82. The number of rotatable bonds is 2. The molecule has 3 heteroatoms. The van der Waals surface area contributed by atoms with Gasteiger partial charge in [-0.05, 0) is 31.6 Å². The molecule has 3 atom stereocenters. The molecule has 92 valence electrons. The zero-order valence-electron chi connectivity index (χ0n) is 10.3. The topological polar surface area (TPSA) is 46.3 Å². The molecule has 3 nitrogen and oxygen atoms in total. The highest BCUT2D eigenvalue weighted by Crippen LogP contribution is 2.28. The number of piperidine rings is 1. The van der Waals surface area contributed by atoms with E-state index in [2.05, 4.69) is 11.8 Å². The van der Waals surface area contributed by atoms with Crippen molar-refractivity contribution in [2.24, 2.45) is 17.6 Å². The SMILES string of the molecule is CCC1CCCN(C(=O)C2CCCC2N)C1. The second-order valence-electron chi connectivity index (χ2n) is 5.40. The van der Waals surface area contributed by atoms with Crippen molar-refractivity contribution in [3.63, 3.8) is 0 Å². The fraction of sp³-hybridized carbons (Fsp3) is 0.923. The van der Waals surface area contributed by atoms with Crippen LogP contribution >= 0.6 is 0 Å². The molecule has 0 radical (unpaired) electrons. The summed E-state index contributed by atoms with van der Waals surface area (Å²) in [5.74, 6) is 1.18. The molecule has 0 aromatic carbocycles. The first-order valence-electron chi connectivity index (χ1n) is 6.76. The number of nitrogens with zero attached hydrogens (tertiary/aromatic N) is 1. The van der Waals surface area contributed by atoms with Crippen LogP contribution in [0.15, 0.2) is 0 Å². The Kier molecular flexibility index (Phi) is 3.85. The van der Waals surface area contributed by atoms with Gasteiger partial charge >= 0.3 is 0 Å². The highest BCUT2D eigenvalue weighted by Gasteiger charge is 2.34. The van der Waals surface area contributed by atoms with Gasteiger partial charge in [-0.25, -0.2) is 0 Å². The highest BCUT2D eigenvalue weighted by molar-refractivity contribution is 5.80. The predicted octanol–water partition coefficient (Wildman–Crippen LogP) is 1.76. The summed E-state index contributed by atoms with van der Waals surface area (Å²) in [7, 11) is 0. The molecule has 2 N–H and O–H groups in total. The number of nitrogens with two attached hydrogens (primary N) is 1. The lowest BCUT2D eigenvalue weighted by Crippen LogP contribution is -2.46. The molecule has 1 aliphatic heterocycles. The van der Waals surface area contributed by atoms with Gasteiger partial charge in [0.05, 0.1) is 5.92 Å². The largest absolute Gasteiger partial charge is 0.342 e. The van der Waals surface area contributed by atoms with Gasteiger partial charge in [-0.15, -0.1) is 0 Å². The zero-order valence-corrected chi connectivity index (χ0v) is 10.3. The van der Waals surface area contributed by atoms with Crippen LogP contribution in [0.25, 0.3) is 0 Å². The van der Waals surface area contributed by atoms with Crippen molar-refractivity contribution >= 4 is 5.91 Å². The molecule has 0 spiro atoms. The van der Waals surface area contributed by atoms with E-state index in [-0.39, 0.29) is 12.0 Å². The second-order valence-corrected chi connectivity index (χ2v) is 5.40. The van der Waals surface area contributed by atoms with Crippen LogP contribution in [-0.4, -0.2) is 29.9 Å². The van der Waals surface area contributed by atoms with Gasteiger partial charge in [0, 0.05) is 19.1 Å². The third-order valence-corrected chi connectivity index (χ3v) is 4.29. The molecular formula is C13H24N2O. The molecule has 1 amide bonds. The summed E-state index contributed by atoms with van der Waals surface area (Å²) in [6.45, 7) is 4.15. The lowest BCUT2D eigenvalue weighted by Gasteiger charge is -2.34. The van der Waals surface area contributed by atoms with Crippen molar-refractivity contribution in [1.29, 1.82) is 0 Å². The summed E-state index contributed by atoms with van der Waals surface area (Å²) in [5, 5.41) is 0. The van der Waals surface area contributed by atoms with E-state index in [4.69, 9.17) is 5.73 Å². The number of carbonyl (C=O) groups is 1. The first-order chi connectivity index (χ1) is 7.72. The smallest absolute Gasteiger partial charge is 0.227 e. The molecule has 1 saturated heterocycles. The Morgan fingerprint density at radius 3 is 2.75 bits per heavy atom. The normalized spacial score (nSPS) is 35.4. The van der Waals surface area contributed by atoms with Gasteiger partial charge in [-0.3, -0.25) is 4.79 Å². The van der Waals surface area contributed by atoms with E-state index in [9.17, 15) is 4.79 Å². The molecule has 16 heavy (non-hydrogen) atoms. The minimum Gasteiger partial charge on any atom is -0.342 e. The Morgan fingerprint density at radius 2 is 2.12 bits per heavy atom. The molecule has 0 aromatic rings. The van der Waals surface area contributed by atoms with Crippen LogP contribution in [0, 0.1) is 11.8 Å². The maximum absolute atomic E-state index is 12.3. The van der Waals surface area contributed by atoms with Crippen LogP contribution < -0.4 is 5.73 Å². The average molecular weight is 224 g/mol. The van der Waals surface area contributed by atoms with Crippen LogP contribution in [0.2, 0.25) is 0 Å².